The molecule has 2 rings (SSSR count). The summed E-state index contributed by atoms with van der Waals surface area (Å²) in [5.41, 5.74) is 3.87. The van der Waals surface area contributed by atoms with Crippen LogP contribution in [0.3, 0.4) is 0 Å². The Morgan fingerprint density at radius 1 is 1.28 bits per heavy atom. The first-order chi connectivity index (χ1) is 8.63. The lowest BCUT2D eigenvalue weighted by Crippen LogP contribution is -1.92. The fourth-order valence-electron chi connectivity index (χ4n) is 1.86. The van der Waals surface area contributed by atoms with Gasteiger partial charge in [-0.2, -0.15) is 5.10 Å². The van der Waals surface area contributed by atoms with E-state index in [0.717, 1.165) is 28.4 Å². The minimum absolute atomic E-state index is 0.820. The van der Waals surface area contributed by atoms with Crippen molar-refractivity contribution >= 4 is 11.9 Å². The van der Waals surface area contributed by atoms with Gasteiger partial charge in [0.05, 0.1) is 18.5 Å². The number of aryl methyl sites for hydroxylation is 2. The fraction of sp³-hybridized carbons (Fsp3) is 0.286. The lowest BCUT2D eigenvalue weighted by Gasteiger charge is -2.02. The third-order valence-electron chi connectivity index (χ3n) is 2.94. The van der Waals surface area contributed by atoms with Crippen molar-refractivity contribution in [2.24, 2.45) is 12.0 Å². The van der Waals surface area contributed by atoms with Crippen molar-refractivity contribution in [2.75, 3.05) is 7.11 Å². The van der Waals surface area contributed by atoms with Crippen LogP contribution in [0, 0.1) is 13.8 Å². The van der Waals surface area contributed by atoms with E-state index in [1.807, 2.05) is 56.1 Å². The molecule has 0 N–H and O–H groups in total. The standard InChI is InChI=1S/C14H17N3O/c1-10-14(11(2)17(3)16-10)15-9-12-7-5-6-8-13(12)18-4/h5-9H,1-4H3. The van der Waals surface area contributed by atoms with Crippen LogP contribution < -0.4 is 4.74 Å². The number of aromatic nitrogens is 2. The van der Waals surface area contributed by atoms with Gasteiger partial charge in [0.25, 0.3) is 0 Å². The van der Waals surface area contributed by atoms with Crippen LogP contribution in [0.5, 0.6) is 5.75 Å². The SMILES string of the molecule is COc1ccccc1C=Nc1c(C)nn(C)c1C. The average Bonchev–Trinajstić information content (AvgIpc) is 2.62. The molecule has 0 fully saturated rings. The van der Waals surface area contributed by atoms with Crippen LogP contribution in [0.25, 0.3) is 0 Å². The first-order valence-corrected chi connectivity index (χ1v) is 5.80. The highest BCUT2D eigenvalue weighted by Gasteiger charge is 2.07. The Bertz CT molecular complexity index is 585. The smallest absolute Gasteiger partial charge is 0.127 e. The van der Waals surface area contributed by atoms with Crippen molar-refractivity contribution in [1.82, 2.24) is 9.78 Å². The topological polar surface area (TPSA) is 39.4 Å². The third-order valence-corrected chi connectivity index (χ3v) is 2.94. The Labute approximate surface area is 107 Å². The molecule has 1 aromatic heterocycles. The first kappa shape index (κ1) is 12.4. The summed E-state index contributed by atoms with van der Waals surface area (Å²) >= 11 is 0. The molecule has 1 aromatic carbocycles. The highest BCUT2D eigenvalue weighted by Crippen LogP contribution is 2.23. The van der Waals surface area contributed by atoms with Crippen molar-refractivity contribution in [2.45, 2.75) is 13.8 Å². The molecule has 2 aromatic rings. The zero-order chi connectivity index (χ0) is 13.1. The number of para-hydroxylation sites is 1. The molecular weight excluding hydrogens is 226 g/mol. The zero-order valence-corrected chi connectivity index (χ0v) is 11.1. The number of nitrogens with zero attached hydrogens (tertiary/aromatic N) is 3. The van der Waals surface area contributed by atoms with E-state index >= 15 is 0 Å². The van der Waals surface area contributed by atoms with Gasteiger partial charge in [-0.3, -0.25) is 9.67 Å². The van der Waals surface area contributed by atoms with Crippen molar-refractivity contribution in [3.63, 3.8) is 0 Å². The van der Waals surface area contributed by atoms with Crippen LogP contribution >= 0.6 is 0 Å². The summed E-state index contributed by atoms with van der Waals surface area (Å²) in [6, 6.07) is 7.80. The van der Waals surface area contributed by atoms with Gasteiger partial charge in [-0.05, 0) is 26.0 Å². The van der Waals surface area contributed by atoms with Gasteiger partial charge in [0.1, 0.15) is 11.4 Å². The molecule has 0 amide bonds. The summed E-state index contributed by atoms with van der Waals surface area (Å²) in [7, 11) is 3.58. The van der Waals surface area contributed by atoms with Crippen molar-refractivity contribution in [3.05, 3.63) is 41.2 Å². The van der Waals surface area contributed by atoms with Gasteiger partial charge in [0.2, 0.25) is 0 Å². The summed E-state index contributed by atoms with van der Waals surface area (Å²) in [5, 5.41) is 4.34. The minimum atomic E-state index is 0.820. The van der Waals surface area contributed by atoms with E-state index in [2.05, 4.69) is 10.1 Å². The molecular formula is C14H17N3O. The van der Waals surface area contributed by atoms with E-state index in [0.29, 0.717) is 0 Å². The maximum Gasteiger partial charge on any atom is 0.127 e. The molecule has 4 nitrogen and oxygen atoms in total. The monoisotopic (exact) mass is 243 g/mol. The van der Waals surface area contributed by atoms with Crippen LogP contribution in [0.4, 0.5) is 5.69 Å². The molecule has 18 heavy (non-hydrogen) atoms. The van der Waals surface area contributed by atoms with Crippen molar-refractivity contribution in [3.8, 4) is 5.75 Å². The molecule has 0 bridgehead atoms. The fourth-order valence-corrected chi connectivity index (χ4v) is 1.86. The number of benzene rings is 1. The van der Waals surface area contributed by atoms with Crippen molar-refractivity contribution < 1.29 is 4.74 Å². The van der Waals surface area contributed by atoms with Crippen LogP contribution in [-0.2, 0) is 7.05 Å². The summed E-state index contributed by atoms with van der Waals surface area (Å²) < 4.78 is 7.12. The number of hydrogen-bond acceptors (Lipinski definition) is 3. The molecule has 0 saturated carbocycles. The molecule has 0 unspecified atom stereocenters. The van der Waals surface area contributed by atoms with E-state index in [1.54, 1.807) is 7.11 Å². The molecule has 1 heterocycles. The van der Waals surface area contributed by atoms with Gasteiger partial charge < -0.3 is 4.74 Å². The Balaban J connectivity index is 2.36. The number of methoxy groups -OCH3 is 1. The highest BCUT2D eigenvalue weighted by atomic mass is 16.5. The van der Waals surface area contributed by atoms with E-state index in [-0.39, 0.29) is 0 Å². The predicted octanol–water partition coefficient (Wildman–Crippen LogP) is 2.80. The molecule has 0 aliphatic rings. The lowest BCUT2D eigenvalue weighted by molar-refractivity contribution is 0.414. The van der Waals surface area contributed by atoms with Crippen LogP contribution in [0.15, 0.2) is 29.3 Å². The van der Waals surface area contributed by atoms with E-state index in [1.165, 1.54) is 0 Å². The van der Waals surface area contributed by atoms with E-state index in [9.17, 15) is 0 Å². The average molecular weight is 243 g/mol. The number of ether oxygens (including phenoxy) is 1. The molecule has 0 atom stereocenters. The minimum Gasteiger partial charge on any atom is -0.496 e. The van der Waals surface area contributed by atoms with Gasteiger partial charge in [-0.25, -0.2) is 0 Å². The van der Waals surface area contributed by atoms with Gasteiger partial charge in [0, 0.05) is 18.8 Å². The maximum atomic E-state index is 5.29. The number of rotatable bonds is 3. The Kier molecular flexibility index (Phi) is 3.46. The summed E-state index contributed by atoms with van der Waals surface area (Å²) in [5.74, 6) is 0.820. The first-order valence-electron chi connectivity index (χ1n) is 5.80. The Hall–Kier alpha value is -2.10. The predicted molar refractivity (Wildman–Crippen MR) is 72.9 cm³/mol. The van der Waals surface area contributed by atoms with E-state index in [4.69, 9.17) is 4.74 Å². The summed E-state index contributed by atoms with van der Waals surface area (Å²) in [4.78, 5) is 4.52. The summed E-state index contributed by atoms with van der Waals surface area (Å²) in [6.07, 6.45) is 1.82. The quantitative estimate of drug-likeness (QED) is 0.778. The van der Waals surface area contributed by atoms with Gasteiger partial charge in [-0.15, -0.1) is 0 Å². The molecule has 94 valence electrons. The Morgan fingerprint density at radius 3 is 2.61 bits per heavy atom. The highest BCUT2D eigenvalue weighted by molar-refractivity contribution is 5.85. The molecule has 0 radical (unpaired) electrons. The summed E-state index contributed by atoms with van der Waals surface area (Å²) in [6.45, 7) is 3.97. The molecule has 0 aliphatic heterocycles. The largest absolute Gasteiger partial charge is 0.496 e. The van der Waals surface area contributed by atoms with Gasteiger partial charge in [0.15, 0.2) is 0 Å². The molecule has 0 saturated heterocycles. The third kappa shape index (κ3) is 2.27. The van der Waals surface area contributed by atoms with Crippen molar-refractivity contribution in [1.29, 1.82) is 0 Å². The van der Waals surface area contributed by atoms with Crippen LogP contribution in [-0.4, -0.2) is 23.1 Å². The second-order valence-corrected chi connectivity index (χ2v) is 4.14. The zero-order valence-electron chi connectivity index (χ0n) is 11.1. The van der Waals surface area contributed by atoms with E-state index < -0.39 is 0 Å². The maximum absolute atomic E-state index is 5.29. The molecule has 0 spiro atoms. The Morgan fingerprint density at radius 2 is 2.00 bits per heavy atom. The molecule has 4 heteroatoms. The van der Waals surface area contributed by atoms with Gasteiger partial charge in [-0.1, -0.05) is 12.1 Å². The lowest BCUT2D eigenvalue weighted by atomic mass is 10.2. The normalized spacial score (nSPS) is 11.1. The second-order valence-electron chi connectivity index (χ2n) is 4.14. The van der Waals surface area contributed by atoms with Gasteiger partial charge >= 0.3 is 0 Å². The van der Waals surface area contributed by atoms with Crippen LogP contribution in [0.1, 0.15) is 17.0 Å². The number of hydrogen-bond donors (Lipinski definition) is 0. The van der Waals surface area contributed by atoms with Crippen LogP contribution in [0.2, 0.25) is 0 Å². The number of aliphatic imine (C=N–C) groups is 1. The second kappa shape index (κ2) is 5.04. The molecule has 0 aliphatic carbocycles.